The molecule has 2 rings (SSSR count). The van der Waals surface area contributed by atoms with Gasteiger partial charge in [0.05, 0.1) is 0 Å². The Morgan fingerprint density at radius 3 is 2.78 bits per heavy atom. The van der Waals surface area contributed by atoms with E-state index in [9.17, 15) is 4.39 Å². The van der Waals surface area contributed by atoms with Gasteiger partial charge < -0.3 is 10.2 Å². The van der Waals surface area contributed by atoms with Gasteiger partial charge in [-0.15, -0.1) is 0 Å². The molecule has 1 aliphatic rings. The first-order valence-electron chi connectivity index (χ1n) is 6.89. The molecular formula is C15H23FN2. The summed E-state index contributed by atoms with van der Waals surface area (Å²) in [7, 11) is 2.07. The summed E-state index contributed by atoms with van der Waals surface area (Å²) in [6.45, 7) is 5.08. The van der Waals surface area contributed by atoms with E-state index in [1.807, 2.05) is 13.0 Å². The lowest BCUT2D eigenvalue weighted by atomic mass is 10.0. The number of hydrogen-bond donors (Lipinski definition) is 1. The summed E-state index contributed by atoms with van der Waals surface area (Å²) in [5.74, 6) is -0.101. The Balaban J connectivity index is 2.25. The lowest BCUT2D eigenvalue weighted by molar-refractivity contribution is 0.527. The molecular weight excluding hydrogens is 227 g/mol. The van der Waals surface area contributed by atoms with Crippen LogP contribution in [0.5, 0.6) is 0 Å². The molecule has 1 fully saturated rings. The predicted molar refractivity (Wildman–Crippen MR) is 74.5 cm³/mol. The van der Waals surface area contributed by atoms with E-state index in [1.54, 1.807) is 12.1 Å². The molecule has 0 spiro atoms. The fourth-order valence-corrected chi connectivity index (χ4v) is 2.38. The van der Waals surface area contributed by atoms with Crippen LogP contribution in [0.3, 0.4) is 0 Å². The van der Waals surface area contributed by atoms with E-state index in [0.717, 1.165) is 24.2 Å². The molecule has 100 valence electrons. The molecule has 0 aromatic heterocycles. The van der Waals surface area contributed by atoms with Crippen LogP contribution in [0.2, 0.25) is 0 Å². The van der Waals surface area contributed by atoms with Crippen molar-refractivity contribution in [3.8, 4) is 0 Å². The number of hydrogen-bond acceptors (Lipinski definition) is 2. The van der Waals surface area contributed by atoms with Crippen LogP contribution in [0, 0.1) is 5.82 Å². The SMILES string of the molecule is CCCNC(C)c1c(F)cccc1N(C)C1CC1. The summed E-state index contributed by atoms with van der Waals surface area (Å²) < 4.78 is 14.1. The molecule has 1 atom stereocenters. The van der Waals surface area contributed by atoms with Gasteiger partial charge in [-0.05, 0) is 44.9 Å². The van der Waals surface area contributed by atoms with E-state index in [0.29, 0.717) is 6.04 Å². The van der Waals surface area contributed by atoms with Crippen LogP contribution in [-0.4, -0.2) is 19.6 Å². The maximum Gasteiger partial charge on any atom is 0.130 e. The zero-order valence-electron chi connectivity index (χ0n) is 11.5. The van der Waals surface area contributed by atoms with E-state index in [4.69, 9.17) is 0 Å². The van der Waals surface area contributed by atoms with Crippen molar-refractivity contribution in [1.82, 2.24) is 5.32 Å². The third-order valence-electron chi connectivity index (χ3n) is 3.64. The van der Waals surface area contributed by atoms with Crippen molar-refractivity contribution in [2.45, 2.75) is 45.2 Å². The van der Waals surface area contributed by atoms with Crippen LogP contribution in [-0.2, 0) is 0 Å². The van der Waals surface area contributed by atoms with E-state index in [2.05, 4.69) is 24.2 Å². The van der Waals surface area contributed by atoms with E-state index in [-0.39, 0.29) is 11.9 Å². The monoisotopic (exact) mass is 250 g/mol. The first-order valence-corrected chi connectivity index (χ1v) is 6.89. The molecule has 2 nitrogen and oxygen atoms in total. The summed E-state index contributed by atoms with van der Waals surface area (Å²) in [6.07, 6.45) is 3.51. The molecule has 1 saturated carbocycles. The van der Waals surface area contributed by atoms with Crippen LogP contribution >= 0.6 is 0 Å². The molecule has 0 amide bonds. The number of halogens is 1. The lowest BCUT2D eigenvalue weighted by Crippen LogP contribution is -2.26. The molecule has 1 aliphatic carbocycles. The topological polar surface area (TPSA) is 15.3 Å². The summed E-state index contributed by atoms with van der Waals surface area (Å²) in [6, 6.07) is 6.05. The number of nitrogens with zero attached hydrogens (tertiary/aromatic N) is 1. The van der Waals surface area contributed by atoms with Gasteiger partial charge in [0.2, 0.25) is 0 Å². The van der Waals surface area contributed by atoms with Gasteiger partial charge in [-0.1, -0.05) is 13.0 Å². The summed E-state index contributed by atoms with van der Waals surface area (Å²) >= 11 is 0. The Morgan fingerprint density at radius 2 is 2.17 bits per heavy atom. The van der Waals surface area contributed by atoms with Gasteiger partial charge in [0.15, 0.2) is 0 Å². The minimum atomic E-state index is -0.101. The molecule has 0 aliphatic heterocycles. The second kappa shape index (κ2) is 5.70. The molecule has 0 radical (unpaired) electrons. The average Bonchev–Trinajstić information content (AvgIpc) is 3.19. The second-order valence-electron chi connectivity index (χ2n) is 5.19. The van der Waals surface area contributed by atoms with Gasteiger partial charge in [-0.25, -0.2) is 4.39 Å². The molecule has 1 aromatic carbocycles. The molecule has 0 heterocycles. The highest BCUT2D eigenvalue weighted by Gasteiger charge is 2.29. The minimum Gasteiger partial charge on any atom is -0.371 e. The minimum absolute atomic E-state index is 0.0577. The second-order valence-corrected chi connectivity index (χ2v) is 5.19. The van der Waals surface area contributed by atoms with Crippen molar-refractivity contribution < 1.29 is 4.39 Å². The van der Waals surface area contributed by atoms with Crippen molar-refractivity contribution in [1.29, 1.82) is 0 Å². The molecule has 18 heavy (non-hydrogen) atoms. The lowest BCUT2D eigenvalue weighted by Gasteiger charge is -2.26. The summed E-state index contributed by atoms with van der Waals surface area (Å²) in [4.78, 5) is 2.22. The number of rotatable bonds is 6. The van der Waals surface area contributed by atoms with Crippen LogP contribution in [0.1, 0.15) is 44.7 Å². The van der Waals surface area contributed by atoms with Crippen molar-refractivity contribution in [2.24, 2.45) is 0 Å². The molecule has 1 unspecified atom stereocenters. The van der Waals surface area contributed by atoms with Crippen LogP contribution in [0.4, 0.5) is 10.1 Å². The highest BCUT2D eigenvalue weighted by Crippen LogP contribution is 2.35. The fraction of sp³-hybridized carbons (Fsp3) is 0.600. The molecule has 3 heteroatoms. The van der Waals surface area contributed by atoms with Crippen molar-refractivity contribution in [3.05, 3.63) is 29.6 Å². The molecule has 1 N–H and O–H groups in total. The normalized spacial score (nSPS) is 16.7. The average molecular weight is 250 g/mol. The van der Waals surface area contributed by atoms with Crippen molar-refractivity contribution in [3.63, 3.8) is 0 Å². The zero-order valence-corrected chi connectivity index (χ0v) is 11.5. The number of nitrogens with one attached hydrogen (secondary N) is 1. The Hall–Kier alpha value is -1.09. The summed E-state index contributed by atoms with van der Waals surface area (Å²) in [5.41, 5.74) is 1.84. The van der Waals surface area contributed by atoms with Gasteiger partial charge in [0.1, 0.15) is 5.82 Å². The van der Waals surface area contributed by atoms with Gasteiger partial charge in [-0.3, -0.25) is 0 Å². The molecule has 1 aromatic rings. The molecule has 0 bridgehead atoms. The third-order valence-corrected chi connectivity index (χ3v) is 3.64. The van der Waals surface area contributed by atoms with Crippen molar-refractivity contribution >= 4 is 5.69 Å². The van der Waals surface area contributed by atoms with E-state index in [1.165, 1.54) is 12.8 Å². The Kier molecular flexibility index (Phi) is 4.23. The van der Waals surface area contributed by atoms with E-state index >= 15 is 0 Å². The third kappa shape index (κ3) is 2.83. The zero-order chi connectivity index (χ0) is 13.1. The van der Waals surface area contributed by atoms with E-state index < -0.39 is 0 Å². The first kappa shape index (κ1) is 13.3. The highest BCUT2D eigenvalue weighted by molar-refractivity contribution is 5.56. The molecule has 0 saturated heterocycles. The van der Waals surface area contributed by atoms with Gasteiger partial charge in [0.25, 0.3) is 0 Å². The fourth-order valence-electron chi connectivity index (χ4n) is 2.38. The van der Waals surface area contributed by atoms with Crippen molar-refractivity contribution in [2.75, 3.05) is 18.5 Å². The van der Waals surface area contributed by atoms with Crippen LogP contribution in [0.15, 0.2) is 18.2 Å². The smallest absolute Gasteiger partial charge is 0.130 e. The quantitative estimate of drug-likeness (QED) is 0.831. The predicted octanol–water partition coefficient (Wildman–Crippen LogP) is 3.48. The summed E-state index contributed by atoms with van der Waals surface area (Å²) in [5, 5.41) is 3.38. The largest absolute Gasteiger partial charge is 0.371 e. The Bertz CT molecular complexity index is 401. The van der Waals surface area contributed by atoms with Crippen LogP contribution in [0.25, 0.3) is 0 Å². The highest BCUT2D eigenvalue weighted by atomic mass is 19.1. The van der Waals surface area contributed by atoms with Gasteiger partial charge in [-0.2, -0.15) is 0 Å². The standard InChI is InChI=1S/C15H23FN2/c1-4-10-17-11(2)15-13(16)6-5-7-14(15)18(3)12-8-9-12/h5-7,11-12,17H,4,8-10H2,1-3H3. The Labute approximate surface area is 109 Å². The maximum absolute atomic E-state index is 14.1. The van der Waals surface area contributed by atoms with Gasteiger partial charge in [0, 0.05) is 30.4 Å². The maximum atomic E-state index is 14.1. The number of benzene rings is 1. The number of anilines is 1. The van der Waals surface area contributed by atoms with Gasteiger partial charge >= 0.3 is 0 Å². The van der Waals surface area contributed by atoms with Crippen LogP contribution < -0.4 is 10.2 Å². The Morgan fingerprint density at radius 1 is 1.44 bits per heavy atom. The first-order chi connectivity index (χ1) is 8.65.